The molecule has 1 heterocycles. The summed E-state index contributed by atoms with van der Waals surface area (Å²) in [4.78, 5) is 10.5. The van der Waals surface area contributed by atoms with Crippen molar-refractivity contribution in [2.75, 3.05) is 0 Å². The topological polar surface area (TPSA) is 76.2 Å². The molecule has 0 bridgehead atoms. The minimum absolute atomic E-state index is 0.167. The van der Waals surface area contributed by atoms with Crippen LogP contribution in [0.3, 0.4) is 0 Å². The van der Waals surface area contributed by atoms with Crippen LogP contribution < -0.4 is 0 Å². The monoisotopic (exact) mass is 156 g/mol. The average Bonchev–Trinajstić information content (AvgIpc) is 2.40. The first kappa shape index (κ1) is 7.71. The van der Waals surface area contributed by atoms with E-state index in [4.69, 9.17) is 9.52 Å². The van der Waals surface area contributed by atoms with Crippen LogP contribution in [0.5, 0.6) is 0 Å². The van der Waals surface area contributed by atoms with Crippen molar-refractivity contribution < 1.29 is 14.3 Å². The number of aliphatic carboxylic acids is 1. The maximum Gasteiger partial charge on any atom is 0.316 e. The molecular formula is C6H8N2O3. The molecule has 60 valence electrons. The quantitative estimate of drug-likeness (QED) is 0.695. The van der Waals surface area contributed by atoms with Gasteiger partial charge in [-0.1, -0.05) is 6.92 Å². The Morgan fingerprint density at radius 2 is 2.64 bits per heavy atom. The van der Waals surface area contributed by atoms with Crippen LogP contribution in [0.1, 0.15) is 25.2 Å². The van der Waals surface area contributed by atoms with Gasteiger partial charge in [0.25, 0.3) is 0 Å². The Hall–Kier alpha value is -1.39. The maximum atomic E-state index is 10.5. The van der Waals surface area contributed by atoms with Gasteiger partial charge in [0, 0.05) is 0 Å². The molecular weight excluding hydrogens is 148 g/mol. The highest BCUT2D eigenvalue weighted by Crippen LogP contribution is 2.15. The van der Waals surface area contributed by atoms with Crippen LogP contribution in [0.15, 0.2) is 10.8 Å². The zero-order chi connectivity index (χ0) is 8.27. The summed E-state index contributed by atoms with van der Waals surface area (Å²) in [6, 6.07) is 0. The Kier molecular flexibility index (Phi) is 2.20. The summed E-state index contributed by atoms with van der Waals surface area (Å²) in [5.41, 5.74) is 0. The molecule has 0 saturated heterocycles. The van der Waals surface area contributed by atoms with E-state index in [1.165, 1.54) is 0 Å². The van der Waals surface area contributed by atoms with Gasteiger partial charge >= 0.3 is 5.97 Å². The summed E-state index contributed by atoms with van der Waals surface area (Å²) in [6.45, 7) is 1.75. The molecule has 0 fully saturated rings. The molecule has 1 aromatic rings. The number of rotatable bonds is 3. The lowest BCUT2D eigenvalue weighted by Crippen LogP contribution is -2.10. The van der Waals surface area contributed by atoms with Crippen LogP contribution >= 0.6 is 0 Å². The van der Waals surface area contributed by atoms with Gasteiger partial charge in [0.2, 0.25) is 12.3 Å². The highest BCUT2D eigenvalue weighted by Gasteiger charge is 2.22. The first-order valence-corrected chi connectivity index (χ1v) is 3.24. The molecule has 1 N–H and O–H groups in total. The number of hydrogen-bond acceptors (Lipinski definition) is 4. The minimum atomic E-state index is -0.934. The third kappa shape index (κ3) is 1.54. The molecule has 0 aromatic carbocycles. The molecule has 0 saturated carbocycles. The number of carboxylic acids is 1. The SMILES string of the molecule is CCC(C(=O)O)c1nnco1. The van der Waals surface area contributed by atoms with Gasteiger partial charge in [-0.3, -0.25) is 4.79 Å². The van der Waals surface area contributed by atoms with E-state index in [2.05, 4.69) is 10.2 Å². The normalized spacial score (nSPS) is 12.8. The number of hydrogen-bond donors (Lipinski definition) is 1. The fourth-order valence-corrected chi connectivity index (χ4v) is 0.788. The first-order chi connectivity index (χ1) is 5.25. The predicted octanol–water partition coefficient (Wildman–Crippen LogP) is 0.648. The van der Waals surface area contributed by atoms with Crippen LogP contribution in [-0.2, 0) is 4.79 Å². The molecule has 11 heavy (non-hydrogen) atoms. The molecule has 1 unspecified atom stereocenters. The molecule has 0 radical (unpaired) electrons. The highest BCUT2D eigenvalue weighted by molar-refractivity contribution is 5.74. The van der Waals surface area contributed by atoms with Crippen molar-refractivity contribution in [2.24, 2.45) is 0 Å². The molecule has 1 atom stereocenters. The van der Waals surface area contributed by atoms with Gasteiger partial charge in [-0.15, -0.1) is 10.2 Å². The van der Waals surface area contributed by atoms with Crippen molar-refractivity contribution in [1.29, 1.82) is 0 Å². The van der Waals surface area contributed by atoms with E-state index in [1.807, 2.05) is 0 Å². The van der Waals surface area contributed by atoms with E-state index >= 15 is 0 Å². The molecule has 1 rings (SSSR count). The Balaban J connectivity index is 2.79. The van der Waals surface area contributed by atoms with Crippen molar-refractivity contribution in [3.8, 4) is 0 Å². The van der Waals surface area contributed by atoms with Crippen LogP contribution in [-0.4, -0.2) is 21.3 Å². The smallest absolute Gasteiger partial charge is 0.316 e. The van der Waals surface area contributed by atoms with Gasteiger partial charge in [0.15, 0.2) is 0 Å². The van der Waals surface area contributed by atoms with Crippen LogP contribution in [0.2, 0.25) is 0 Å². The van der Waals surface area contributed by atoms with Gasteiger partial charge < -0.3 is 9.52 Å². The molecule has 0 aliphatic carbocycles. The average molecular weight is 156 g/mol. The summed E-state index contributed by atoms with van der Waals surface area (Å²) in [5.74, 6) is -1.44. The first-order valence-electron chi connectivity index (χ1n) is 3.24. The number of carboxylic acid groups (broad SMARTS) is 1. The predicted molar refractivity (Wildman–Crippen MR) is 35.0 cm³/mol. The molecule has 5 heteroatoms. The zero-order valence-corrected chi connectivity index (χ0v) is 6.02. The third-order valence-corrected chi connectivity index (χ3v) is 1.38. The van der Waals surface area contributed by atoms with E-state index in [0.29, 0.717) is 6.42 Å². The summed E-state index contributed by atoms with van der Waals surface area (Å²) in [5, 5.41) is 15.5. The number of aromatic nitrogens is 2. The highest BCUT2D eigenvalue weighted by atomic mass is 16.4. The summed E-state index contributed by atoms with van der Waals surface area (Å²) in [6.07, 6.45) is 1.58. The maximum absolute atomic E-state index is 10.5. The summed E-state index contributed by atoms with van der Waals surface area (Å²) >= 11 is 0. The number of nitrogens with zero attached hydrogens (tertiary/aromatic N) is 2. The lowest BCUT2D eigenvalue weighted by Gasteiger charge is -2.01. The molecule has 1 aromatic heterocycles. The Bertz CT molecular complexity index is 232. The van der Waals surface area contributed by atoms with E-state index in [1.54, 1.807) is 6.92 Å². The van der Waals surface area contributed by atoms with Gasteiger partial charge in [0.05, 0.1) is 0 Å². The van der Waals surface area contributed by atoms with Crippen LogP contribution in [0.4, 0.5) is 0 Å². The van der Waals surface area contributed by atoms with Crippen molar-refractivity contribution in [2.45, 2.75) is 19.3 Å². The van der Waals surface area contributed by atoms with Crippen molar-refractivity contribution >= 4 is 5.97 Å². The second kappa shape index (κ2) is 3.14. The molecule has 0 spiro atoms. The zero-order valence-electron chi connectivity index (χ0n) is 6.02. The fraction of sp³-hybridized carbons (Fsp3) is 0.500. The largest absolute Gasteiger partial charge is 0.481 e. The second-order valence-corrected chi connectivity index (χ2v) is 2.08. The molecule has 0 aliphatic rings. The molecule has 0 amide bonds. The number of carbonyl (C=O) groups is 1. The van der Waals surface area contributed by atoms with Crippen molar-refractivity contribution in [1.82, 2.24) is 10.2 Å². The Morgan fingerprint density at radius 3 is 3.00 bits per heavy atom. The van der Waals surface area contributed by atoms with Gasteiger partial charge in [-0.25, -0.2) is 0 Å². The van der Waals surface area contributed by atoms with E-state index in [9.17, 15) is 4.79 Å². The second-order valence-electron chi connectivity index (χ2n) is 2.08. The standard InChI is InChI=1S/C6H8N2O3/c1-2-4(6(9)10)5-8-7-3-11-5/h3-4H,2H2,1H3,(H,9,10). The van der Waals surface area contributed by atoms with Crippen molar-refractivity contribution in [3.05, 3.63) is 12.3 Å². The van der Waals surface area contributed by atoms with E-state index in [-0.39, 0.29) is 5.89 Å². The fourth-order valence-electron chi connectivity index (χ4n) is 0.788. The van der Waals surface area contributed by atoms with E-state index in [0.717, 1.165) is 6.39 Å². The van der Waals surface area contributed by atoms with Gasteiger partial charge in [-0.2, -0.15) is 0 Å². The van der Waals surface area contributed by atoms with Crippen LogP contribution in [0, 0.1) is 0 Å². The Morgan fingerprint density at radius 1 is 1.91 bits per heavy atom. The van der Waals surface area contributed by atoms with Crippen LogP contribution in [0.25, 0.3) is 0 Å². The van der Waals surface area contributed by atoms with Gasteiger partial charge in [0.1, 0.15) is 5.92 Å². The summed E-state index contributed by atoms with van der Waals surface area (Å²) < 4.78 is 4.74. The molecule has 5 nitrogen and oxygen atoms in total. The lowest BCUT2D eigenvalue weighted by molar-refractivity contribution is -0.139. The lowest BCUT2D eigenvalue weighted by atomic mass is 10.1. The minimum Gasteiger partial charge on any atom is -0.481 e. The van der Waals surface area contributed by atoms with Gasteiger partial charge in [-0.05, 0) is 6.42 Å². The van der Waals surface area contributed by atoms with Crippen molar-refractivity contribution in [3.63, 3.8) is 0 Å². The Labute approximate surface area is 63.0 Å². The molecule has 0 aliphatic heterocycles. The van der Waals surface area contributed by atoms with E-state index < -0.39 is 11.9 Å². The third-order valence-electron chi connectivity index (χ3n) is 1.38. The summed E-state index contributed by atoms with van der Waals surface area (Å²) in [7, 11) is 0.